The van der Waals surface area contributed by atoms with E-state index in [1.54, 1.807) is 30.6 Å². The SMILES string of the molecule is Cc1ccc(C(=O)OCc2ccc(/C(=C\N)C(=O)Nc3ccc4cnccc4c3)cc2)c(C)c1. The molecule has 0 aliphatic carbocycles. The zero-order chi connectivity index (χ0) is 24.1. The third-order valence-corrected chi connectivity index (χ3v) is 5.55. The Hall–Kier alpha value is -4.45. The molecule has 1 amide bonds. The summed E-state index contributed by atoms with van der Waals surface area (Å²) in [7, 11) is 0. The van der Waals surface area contributed by atoms with Gasteiger partial charge in [0.2, 0.25) is 0 Å². The van der Waals surface area contributed by atoms with E-state index in [1.165, 1.54) is 6.20 Å². The highest BCUT2D eigenvalue weighted by Crippen LogP contribution is 2.21. The fraction of sp³-hybridized carbons (Fsp3) is 0.107. The van der Waals surface area contributed by atoms with Gasteiger partial charge in [0.15, 0.2) is 0 Å². The average molecular weight is 452 g/mol. The summed E-state index contributed by atoms with van der Waals surface area (Å²) < 4.78 is 5.46. The predicted molar refractivity (Wildman–Crippen MR) is 134 cm³/mol. The highest BCUT2D eigenvalue weighted by molar-refractivity contribution is 6.25. The molecule has 34 heavy (non-hydrogen) atoms. The number of rotatable bonds is 6. The first-order valence-corrected chi connectivity index (χ1v) is 10.9. The second-order valence-corrected chi connectivity index (χ2v) is 8.06. The average Bonchev–Trinajstić information content (AvgIpc) is 2.83. The molecule has 0 saturated carbocycles. The number of hydrogen-bond acceptors (Lipinski definition) is 5. The number of nitrogens with zero attached hydrogens (tertiary/aromatic N) is 1. The third-order valence-electron chi connectivity index (χ3n) is 5.55. The van der Waals surface area contributed by atoms with E-state index < -0.39 is 0 Å². The predicted octanol–water partition coefficient (Wildman–Crippen LogP) is 5.15. The largest absolute Gasteiger partial charge is 0.457 e. The Kier molecular flexibility index (Phi) is 6.69. The third kappa shape index (κ3) is 5.13. The van der Waals surface area contributed by atoms with E-state index in [-0.39, 0.29) is 18.5 Å². The summed E-state index contributed by atoms with van der Waals surface area (Å²) in [6, 6.07) is 20.3. The molecule has 0 fully saturated rings. The molecular weight excluding hydrogens is 426 g/mol. The lowest BCUT2D eigenvalue weighted by Crippen LogP contribution is -2.15. The summed E-state index contributed by atoms with van der Waals surface area (Å²) in [5, 5.41) is 4.86. The molecule has 6 nitrogen and oxygen atoms in total. The Balaban J connectivity index is 1.41. The molecule has 170 valence electrons. The Morgan fingerprint density at radius 3 is 2.50 bits per heavy atom. The number of anilines is 1. The van der Waals surface area contributed by atoms with Gasteiger partial charge in [-0.3, -0.25) is 9.78 Å². The highest BCUT2D eigenvalue weighted by atomic mass is 16.5. The van der Waals surface area contributed by atoms with Crippen molar-refractivity contribution in [2.24, 2.45) is 5.73 Å². The number of fused-ring (bicyclic) bond motifs is 1. The number of amides is 1. The first kappa shape index (κ1) is 22.7. The van der Waals surface area contributed by atoms with Crippen molar-refractivity contribution >= 4 is 33.9 Å². The van der Waals surface area contributed by atoms with Crippen LogP contribution in [0.5, 0.6) is 0 Å². The molecule has 0 spiro atoms. The molecule has 3 aromatic carbocycles. The van der Waals surface area contributed by atoms with Crippen LogP contribution in [0.15, 0.2) is 85.3 Å². The Morgan fingerprint density at radius 2 is 1.76 bits per heavy atom. The highest BCUT2D eigenvalue weighted by Gasteiger charge is 2.14. The summed E-state index contributed by atoms with van der Waals surface area (Å²) in [6.45, 7) is 4.00. The van der Waals surface area contributed by atoms with Crippen LogP contribution in [0.1, 0.15) is 32.6 Å². The number of ether oxygens (including phenoxy) is 1. The monoisotopic (exact) mass is 451 g/mol. The number of benzene rings is 3. The fourth-order valence-electron chi connectivity index (χ4n) is 3.71. The summed E-state index contributed by atoms with van der Waals surface area (Å²) in [5.41, 5.74) is 10.8. The molecule has 6 heteroatoms. The van der Waals surface area contributed by atoms with Gasteiger partial charge in [-0.25, -0.2) is 4.79 Å². The van der Waals surface area contributed by atoms with Crippen LogP contribution in [0.2, 0.25) is 0 Å². The molecule has 0 saturated heterocycles. The number of carbonyl (C=O) groups excluding carboxylic acids is 2. The smallest absolute Gasteiger partial charge is 0.338 e. The van der Waals surface area contributed by atoms with Gasteiger partial charge in [0, 0.05) is 29.7 Å². The molecule has 3 N–H and O–H groups in total. The van der Waals surface area contributed by atoms with Gasteiger partial charge in [0.05, 0.1) is 11.1 Å². The van der Waals surface area contributed by atoms with Gasteiger partial charge >= 0.3 is 5.97 Å². The number of aromatic nitrogens is 1. The molecule has 4 rings (SSSR count). The van der Waals surface area contributed by atoms with Crippen molar-refractivity contribution in [3.63, 3.8) is 0 Å². The topological polar surface area (TPSA) is 94.3 Å². The van der Waals surface area contributed by atoms with Gasteiger partial charge in [-0.05, 0) is 60.2 Å². The Labute approximate surface area is 198 Å². The second-order valence-electron chi connectivity index (χ2n) is 8.06. The van der Waals surface area contributed by atoms with Gasteiger partial charge in [-0.1, -0.05) is 48.0 Å². The number of carbonyl (C=O) groups is 2. The zero-order valence-corrected chi connectivity index (χ0v) is 19.0. The van der Waals surface area contributed by atoms with Crippen molar-refractivity contribution in [3.8, 4) is 0 Å². The number of esters is 1. The molecule has 0 unspecified atom stereocenters. The van der Waals surface area contributed by atoms with E-state index in [9.17, 15) is 9.59 Å². The van der Waals surface area contributed by atoms with Crippen molar-refractivity contribution in [2.75, 3.05) is 5.32 Å². The Bertz CT molecular complexity index is 1390. The minimum absolute atomic E-state index is 0.131. The van der Waals surface area contributed by atoms with E-state index in [0.29, 0.717) is 22.4 Å². The maximum atomic E-state index is 12.9. The maximum Gasteiger partial charge on any atom is 0.338 e. The minimum Gasteiger partial charge on any atom is -0.457 e. The number of nitrogens with one attached hydrogen (secondary N) is 1. The first-order valence-electron chi connectivity index (χ1n) is 10.9. The van der Waals surface area contributed by atoms with Crippen LogP contribution < -0.4 is 11.1 Å². The lowest BCUT2D eigenvalue weighted by molar-refractivity contribution is -0.111. The molecule has 0 bridgehead atoms. The summed E-state index contributed by atoms with van der Waals surface area (Å²) in [6.07, 6.45) is 4.77. The van der Waals surface area contributed by atoms with Crippen LogP contribution in [-0.4, -0.2) is 16.9 Å². The van der Waals surface area contributed by atoms with E-state index in [1.807, 2.05) is 62.4 Å². The molecule has 1 heterocycles. The lowest BCUT2D eigenvalue weighted by Gasteiger charge is -2.11. The molecule has 0 aliphatic rings. The van der Waals surface area contributed by atoms with Gasteiger partial charge in [-0.2, -0.15) is 0 Å². The van der Waals surface area contributed by atoms with E-state index in [0.717, 1.165) is 27.5 Å². The lowest BCUT2D eigenvalue weighted by atomic mass is 10.0. The van der Waals surface area contributed by atoms with E-state index in [4.69, 9.17) is 10.5 Å². The number of hydrogen-bond donors (Lipinski definition) is 2. The van der Waals surface area contributed by atoms with Crippen LogP contribution in [0, 0.1) is 13.8 Å². The van der Waals surface area contributed by atoms with Crippen molar-refractivity contribution in [1.29, 1.82) is 0 Å². The summed E-state index contributed by atoms with van der Waals surface area (Å²) in [5.74, 6) is -0.681. The summed E-state index contributed by atoms with van der Waals surface area (Å²) in [4.78, 5) is 29.4. The van der Waals surface area contributed by atoms with Crippen LogP contribution in [0.3, 0.4) is 0 Å². The normalized spacial score (nSPS) is 11.3. The van der Waals surface area contributed by atoms with E-state index >= 15 is 0 Å². The quantitative estimate of drug-likeness (QED) is 0.312. The van der Waals surface area contributed by atoms with Crippen LogP contribution in [0.4, 0.5) is 5.69 Å². The van der Waals surface area contributed by atoms with Crippen molar-refractivity contribution in [1.82, 2.24) is 4.98 Å². The summed E-state index contributed by atoms with van der Waals surface area (Å²) >= 11 is 0. The second kappa shape index (κ2) is 10.0. The van der Waals surface area contributed by atoms with Crippen LogP contribution in [-0.2, 0) is 16.1 Å². The number of nitrogens with two attached hydrogens (primary N) is 1. The maximum absolute atomic E-state index is 12.9. The molecule has 0 atom stereocenters. The molecule has 4 aromatic rings. The standard InChI is InChI=1S/C28H25N3O3/c1-18-3-10-25(19(2)13-18)28(33)34-17-20-4-6-21(7-5-20)26(15-29)27(32)31-24-9-8-23-16-30-12-11-22(23)14-24/h3-16H,17,29H2,1-2H3,(H,31,32)/b26-15+. The number of aryl methyl sites for hydroxylation is 2. The molecule has 1 aromatic heterocycles. The van der Waals surface area contributed by atoms with Crippen molar-refractivity contribution < 1.29 is 14.3 Å². The minimum atomic E-state index is -0.366. The van der Waals surface area contributed by atoms with Crippen molar-refractivity contribution in [3.05, 3.63) is 113 Å². The van der Waals surface area contributed by atoms with Crippen LogP contribution in [0.25, 0.3) is 16.3 Å². The van der Waals surface area contributed by atoms with Gasteiger partial charge in [0.1, 0.15) is 6.61 Å². The zero-order valence-electron chi connectivity index (χ0n) is 19.0. The molecule has 0 radical (unpaired) electrons. The van der Waals surface area contributed by atoms with Gasteiger partial charge in [-0.15, -0.1) is 0 Å². The van der Waals surface area contributed by atoms with Crippen LogP contribution >= 0.6 is 0 Å². The van der Waals surface area contributed by atoms with Crippen molar-refractivity contribution in [2.45, 2.75) is 20.5 Å². The number of pyridine rings is 1. The molecule has 0 aliphatic heterocycles. The first-order chi connectivity index (χ1) is 16.4. The van der Waals surface area contributed by atoms with E-state index in [2.05, 4.69) is 10.3 Å². The van der Waals surface area contributed by atoms with Gasteiger partial charge in [0.25, 0.3) is 5.91 Å². The van der Waals surface area contributed by atoms with Gasteiger partial charge < -0.3 is 15.8 Å². The Morgan fingerprint density at radius 1 is 0.971 bits per heavy atom. The fourth-order valence-corrected chi connectivity index (χ4v) is 3.71. The molecular formula is C28H25N3O3.